The molecular formula is C27H22F3NO2. The summed E-state index contributed by atoms with van der Waals surface area (Å²) in [6, 6.07) is 24.5. The van der Waals surface area contributed by atoms with Gasteiger partial charge in [0, 0.05) is 17.7 Å². The topological polar surface area (TPSA) is 31.4 Å². The van der Waals surface area contributed by atoms with E-state index >= 15 is 0 Å². The van der Waals surface area contributed by atoms with Crippen molar-refractivity contribution in [1.29, 1.82) is 0 Å². The van der Waals surface area contributed by atoms with Gasteiger partial charge in [-0.25, -0.2) is 0 Å². The molecule has 0 atom stereocenters. The Balaban J connectivity index is 1.73. The first-order chi connectivity index (χ1) is 15.9. The Morgan fingerprint density at radius 1 is 0.667 bits per heavy atom. The minimum Gasteiger partial charge on any atom is -0.497 e. The third-order valence-electron chi connectivity index (χ3n) is 5.35. The molecule has 0 fully saturated rings. The van der Waals surface area contributed by atoms with Crippen LogP contribution in [0.4, 0.5) is 13.2 Å². The fraction of sp³-hybridized carbons (Fsp3) is 0.148. The fourth-order valence-electron chi connectivity index (χ4n) is 3.56. The van der Waals surface area contributed by atoms with Crippen molar-refractivity contribution >= 4 is 0 Å². The first-order valence-electron chi connectivity index (χ1n) is 10.3. The number of alkyl halides is 3. The molecule has 1 heterocycles. The first-order valence-corrected chi connectivity index (χ1v) is 10.3. The summed E-state index contributed by atoms with van der Waals surface area (Å²) >= 11 is 0. The maximum absolute atomic E-state index is 12.9. The highest BCUT2D eigenvalue weighted by atomic mass is 19.4. The van der Waals surface area contributed by atoms with Crippen LogP contribution in [0, 0.1) is 0 Å². The second-order valence-electron chi connectivity index (χ2n) is 7.56. The highest BCUT2D eigenvalue weighted by Crippen LogP contribution is 2.31. The average molecular weight is 449 g/mol. The zero-order valence-electron chi connectivity index (χ0n) is 18.2. The van der Waals surface area contributed by atoms with Crippen molar-refractivity contribution in [3.8, 4) is 33.9 Å². The molecule has 3 nitrogen and oxygen atoms in total. The van der Waals surface area contributed by atoms with Gasteiger partial charge >= 0.3 is 6.18 Å². The van der Waals surface area contributed by atoms with Crippen LogP contribution >= 0.6 is 0 Å². The molecule has 1 aromatic heterocycles. The summed E-state index contributed by atoms with van der Waals surface area (Å²) in [5.41, 5.74) is 4.48. The molecule has 0 saturated heterocycles. The monoisotopic (exact) mass is 449 g/mol. The lowest BCUT2D eigenvalue weighted by molar-refractivity contribution is -0.137. The molecule has 3 aromatic carbocycles. The molecule has 4 rings (SSSR count). The number of pyridine rings is 1. The summed E-state index contributed by atoms with van der Waals surface area (Å²) in [7, 11) is 3.23. The highest BCUT2D eigenvalue weighted by molar-refractivity contribution is 5.72. The van der Waals surface area contributed by atoms with E-state index in [4.69, 9.17) is 14.5 Å². The van der Waals surface area contributed by atoms with Crippen LogP contribution in [0.25, 0.3) is 22.4 Å². The molecule has 168 valence electrons. The smallest absolute Gasteiger partial charge is 0.416 e. The van der Waals surface area contributed by atoms with Crippen molar-refractivity contribution in [1.82, 2.24) is 4.98 Å². The summed E-state index contributed by atoms with van der Waals surface area (Å²) in [6.45, 7) is 0. The van der Waals surface area contributed by atoms with Gasteiger partial charge in [-0.2, -0.15) is 13.2 Å². The largest absolute Gasteiger partial charge is 0.497 e. The first kappa shape index (κ1) is 22.4. The van der Waals surface area contributed by atoms with Gasteiger partial charge in [0.25, 0.3) is 0 Å². The number of rotatable bonds is 6. The number of ether oxygens (including phenoxy) is 2. The molecule has 0 N–H and O–H groups in total. The van der Waals surface area contributed by atoms with E-state index in [1.54, 1.807) is 14.2 Å². The lowest BCUT2D eigenvalue weighted by Crippen LogP contribution is -2.04. The molecule has 0 bridgehead atoms. The number of benzene rings is 3. The normalized spacial score (nSPS) is 11.3. The van der Waals surface area contributed by atoms with Gasteiger partial charge in [-0.05, 0) is 77.4 Å². The summed E-state index contributed by atoms with van der Waals surface area (Å²) in [5, 5.41) is 0. The molecule has 0 radical (unpaired) electrons. The minimum atomic E-state index is -4.35. The Morgan fingerprint density at radius 3 is 1.73 bits per heavy atom. The zero-order chi connectivity index (χ0) is 23.4. The van der Waals surface area contributed by atoms with Crippen LogP contribution < -0.4 is 9.47 Å². The molecule has 0 aliphatic heterocycles. The van der Waals surface area contributed by atoms with Crippen molar-refractivity contribution in [2.24, 2.45) is 0 Å². The second kappa shape index (κ2) is 9.36. The maximum Gasteiger partial charge on any atom is 0.416 e. The molecular weight excluding hydrogens is 427 g/mol. The number of methoxy groups -OCH3 is 2. The summed E-state index contributed by atoms with van der Waals surface area (Å²) in [4.78, 5) is 4.80. The van der Waals surface area contributed by atoms with Gasteiger partial charge in [-0.1, -0.05) is 24.3 Å². The van der Waals surface area contributed by atoms with Crippen LogP contribution in [-0.2, 0) is 12.6 Å². The van der Waals surface area contributed by atoms with E-state index in [0.29, 0.717) is 6.42 Å². The number of nitrogens with zero attached hydrogens (tertiary/aromatic N) is 1. The van der Waals surface area contributed by atoms with E-state index in [1.807, 2.05) is 60.7 Å². The molecule has 6 heteroatoms. The predicted molar refractivity (Wildman–Crippen MR) is 122 cm³/mol. The van der Waals surface area contributed by atoms with Crippen LogP contribution in [-0.4, -0.2) is 19.2 Å². The maximum atomic E-state index is 12.9. The third kappa shape index (κ3) is 5.34. The Kier molecular flexibility index (Phi) is 6.36. The van der Waals surface area contributed by atoms with Gasteiger partial charge in [-0.3, -0.25) is 4.98 Å². The van der Waals surface area contributed by atoms with Crippen molar-refractivity contribution < 1.29 is 22.6 Å². The third-order valence-corrected chi connectivity index (χ3v) is 5.35. The van der Waals surface area contributed by atoms with Crippen molar-refractivity contribution in [2.75, 3.05) is 14.2 Å². The van der Waals surface area contributed by atoms with Gasteiger partial charge in [0.05, 0.1) is 25.5 Å². The van der Waals surface area contributed by atoms with Gasteiger partial charge in [0.15, 0.2) is 0 Å². The van der Waals surface area contributed by atoms with Gasteiger partial charge in [0.2, 0.25) is 0 Å². The standard InChI is InChI=1S/C27H22F3NO2/c1-32-24-11-5-19(6-12-24)21-16-23(15-18-3-9-22(10-4-18)27(28,29)30)31-26(17-21)20-7-13-25(33-2)14-8-20/h3-14,16-17H,15H2,1-2H3. The van der Waals surface area contributed by atoms with E-state index in [9.17, 15) is 13.2 Å². The van der Waals surface area contributed by atoms with E-state index < -0.39 is 11.7 Å². The molecule has 0 unspecified atom stereocenters. The van der Waals surface area contributed by atoms with Crippen LogP contribution in [0.3, 0.4) is 0 Å². The van der Waals surface area contributed by atoms with E-state index in [2.05, 4.69) is 0 Å². The molecule has 0 aliphatic rings. The number of hydrogen-bond acceptors (Lipinski definition) is 3. The fourth-order valence-corrected chi connectivity index (χ4v) is 3.56. The lowest BCUT2D eigenvalue weighted by Gasteiger charge is -2.12. The van der Waals surface area contributed by atoms with Gasteiger partial charge < -0.3 is 9.47 Å². The molecule has 0 amide bonds. The van der Waals surface area contributed by atoms with Crippen LogP contribution in [0.5, 0.6) is 11.5 Å². The Labute approximate surface area is 190 Å². The SMILES string of the molecule is COc1ccc(-c2cc(Cc3ccc(C(F)(F)F)cc3)nc(-c3ccc(OC)cc3)c2)cc1. The molecule has 0 aliphatic carbocycles. The zero-order valence-corrected chi connectivity index (χ0v) is 18.2. The quantitative estimate of drug-likeness (QED) is 0.316. The number of hydrogen-bond donors (Lipinski definition) is 0. The van der Waals surface area contributed by atoms with Crippen LogP contribution in [0.1, 0.15) is 16.8 Å². The summed E-state index contributed by atoms with van der Waals surface area (Å²) in [6.07, 6.45) is -3.95. The van der Waals surface area contributed by atoms with E-state index in [0.717, 1.165) is 57.3 Å². The Hall–Kier alpha value is -3.80. The van der Waals surface area contributed by atoms with Gasteiger partial charge in [-0.15, -0.1) is 0 Å². The van der Waals surface area contributed by atoms with Crippen LogP contribution in [0.2, 0.25) is 0 Å². The summed E-state index contributed by atoms with van der Waals surface area (Å²) in [5.74, 6) is 1.50. The van der Waals surface area contributed by atoms with Crippen LogP contribution in [0.15, 0.2) is 84.9 Å². The Bertz CT molecular complexity index is 1150. The lowest BCUT2D eigenvalue weighted by atomic mass is 9.99. The number of aromatic nitrogens is 1. The van der Waals surface area contributed by atoms with E-state index in [-0.39, 0.29) is 0 Å². The van der Waals surface area contributed by atoms with Gasteiger partial charge in [0.1, 0.15) is 11.5 Å². The summed E-state index contributed by atoms with van der Waals surface area (Å²) < 4.78 is 49.2. The highest BCUT2D eigenvalue weighted by Gasteiger charge is 2.29. The molecule has 33 heavy (non-hydrogen) atoms. The Morgan fingerprint density at radius 2 is 1.21 bits per heavy atom. The second-order valence-corrected chi connectivity index (χ2v) is 7.56. The molecule has 4 aromatic rings. The minimum absolute atomic E-state index is 0.408. The van der Waals surface area contributed by atoms with Crippen molar-refractivity contribution in [2.45, 2.75) is 12.6 Å². The molecule has 0 saturated carbocycles. The molecule has 0 spiro atoms. The average Bonchev–Trinajstić information content (AvgIpc) is 2.84. The van der Waals surface area contributed by atoms with Crippen molar-refractivity contribution in [3.05, 3.63) is 102 Å². The predicted octanol–water partition coefficient (Wildman–Crippen LogP) is 7.04. The van der Waals surface area contributed by atoms with E-state index in [1.165, 1.54) is 12.1 Å². The number of halogens is 3. The van der Waals surface area contributed by atoms with Crippen molar-refractivity contribution in [3.63, 3.8) is 0 Å².